The third-order valence-corrected chi connectivity index (χ3v) is 1.41. The molecule has 11 heavy (non-hydrogen) atoms. The number of rotatable bonds is 4. The third kappa shape index (κ3) is 2.94. The van der Waals surface area contributed by atoms with Gasteiger partial charge in [-0.3, -0.25) is 4.79 Å². The number of carbonyl (C=O) groups excluding carboxylic acids is 1. The average Bonchev–Trinajstić information content (AvgIpc) is 2.00. The summed E-state index contributed by atoms with van der Waals surface area (Å²) in [4.78, 5) is 11.0. The number of ketones is 1. The molecular formula is C6H15N3O2. The van der Waals surface area contributed by atoms with Crippen LogP contribution in [0.15, 0.2) is 0 Å². The Morgan fingerprint density at radius 1 is 1.55 bits per heavy atom. The normalized spacial score (nSPS) is 19.0. The van der Waals surface area contributed by atoms with Crippen LogP contribution in [0, 0.1) is 0 Å². The summed E-state index contributed by atoms with van der Waals surface area (Å²) in [6, 6.07) is -1.41. The molecule has 7 N–H and O–H groups in total. The smallest absolute Gasteiger partial charge is 0.180 e. The lowest BCUT2D eigenvalue weighted by Gasteiger charge is -2.16. The van der Waals surface area contributed by atoms with Crippen molar-refractivity contribution in [3.05, 3.63) is 0 Å². The zero-order valence-corrected chi connectivity index (χ0v) is 6.53. The molecule has 0 fully saturated rings. The fourth-order valence-electron chi connectivity index (χ4n) is 0.595. The SMILES string of the molecule is CC(N)C(O)C(=O)C(N)CN. The van der Waals surface area contributed by atoms with Gasteiger partial charge in [0.05, 0.1) is 6.04 Å². The summed E-state index contributed by atoms with van der Waals surface area (Å²) < 4.78 is 0. The van der Waals surface area contributed by atoms with E-state index in [1.54, 1.807) is 0 Å². The van der Waals surface area contributed by atoms with Gasteiger partial charge in [-0.1, -0.05) is 0 Å². The fraction of sp³-hybridized carbons (Fsp3) is 0.833. The second-order valence-electron chi connectivity index (χ2n) is 2.55. The predicted molar refractivity (Wildman–Crippen MR) is 41.7 cm³/mol. The van der Waals surface area contributed by atoms with Crippen molar-refractivity contribution in [1.29, 1.82) is 0 Å². The minimum absolute atomic E-state index is 0.0304. The summed E-state index contributed by atoms with van der Waals surface area (Å²) in [5.41, 5.74) is 15.6. The number of aliphatic hydroxyl groups excluding tert-OH is 1. The fourth-order valence-corrected chi connectivity index (χ4v) is 0.595. The van der Waals surface area contributed by atoms with Crippen molar-refractivity contribution in [3.63, 3.8) is 0 Å². The predicted octanol–water partition coefficient (Wildman–Crippen LogP) is -2.45. The Labute approximate surface area is 65.5 Å². The first-order valence-corrected chi connectivity index (χ1v) is 3.43. The van der Waals surface area contributed by atoms with Gasteiger partial charge < -0.3 is 22.3 Å². The van der Waals surface area contributed by atoms with Crippen molar-refractivity contribution in [2.45, 2.75) is 25.1 Å². The molecule has 3 unspecified atom stereocenters. The van der Waals surface area contributed by atoms with Crippen molar-refractivity contribution >= 4 is 5.78 Å². The molecule has 0 aliphatic carbocycles. The third-order valence-electron chi connectivity index (χ3n) is 1.41. The van der Waals surface area contributed by atoms with Gasteiger partial charge in [0.15, 0.2) is 5.78 Å². The molecule has 0 aliphatic heterocycles. The van der Waals surface area contributed by atoms with Crippen LogP contribution in [0.3, 0.4) is 0 Å². The van der Waals surface area contributed by atoms with Crippen LogP contribution in [0.2, 0.25) is 0 Å². The lowest BCUT2D eigenvalue weighted by Crippen LogP contribution is -2.49. The summed E-state index contributed by atoms with van der Waals surface area (Å²) in [5, 5.41) is 9.09. The Hall–Kier alpha value is -0.490. The number of carbonyl (C=O) groups is 1. The van der Waals surface area contributed by atoms with E-state index in [1.807, 2.05) is 0 Å². The van der Waals surface area contributed by atoms with E-state index in [4.69, 9.17) is 22.3 Å². The van der Waals surface area contributed by atoms with E-state index in [9.17, 15) is 4.79 Å². The average molecular weight is 161 g/mol. The summed E-state index contributed by atoms with van der Waals surface area (Å²) in [7, 11) is 0. The minimum Gasteiger partial charge on any atom is -0.384 e. The molecule has 5 nitrogen and oxygen atoms in total. The van der Waals surface area contributed by atoms with E-state index in [2.05, 4.69) is 0 Å². The maximum Gasteiger partial charge on any atom is 0.180 e. The van der Waals surface area contributed by atoms with E-state index in [0.29, 0.717) is 0 Å². The first kappa shape index (κ1) is 10.5. The number of hydrogen-bond acceptors (Lipinski definition) is 5. The molecule has 0 aromatic carbocycles. The minimum atomic E-state index is -1.20. The quantitative estimate of drug-likeness (QED) is 0.365. The molecule has 0 radical (unpaired) electrons. The summed E-state index contributed by atoms with van der Waals surface area (Å²) in [6.45, 7) is 1.56. The largest absolute Gasteiger partial charge is 0.384 e. The summed E-state index contributed by atoms with van der Waals surface area (Å²) in [6.07, 6.45) is -1.20. The molecule has 0 amide bonds. The monoisotopic (exact) mass is 161 g/mol. The lowest BCUT2D eigenvalue weighted by molar-refractivity contribution is -0.128. The van der Waals surface area contributed by atoms with E-state index in [-0.39, 0.29) is 6.54 Å². The van der Waals surface area contributed by atoms with Gasteiger partial charge in [0.25, 0.3) is 0 Å². The Bertz CT molecular complexity index is 138. The summed E-state index contributed by atoms with van der Waals surface area (Å²) >= 11 is 0. The maximum atomic E-state index is 11.0. The van der Waals surface area contributed by atoms with Gasteiger partial charge in [-0.25, -0.2) is 0 Å². The van der Waals surface area contributed by atoms with Gasteiger partial charge in [0.2, 0.25) is 0 Å². The standard InChI is InChI=1S/C6H15N3O2/c1-3(8)5(10)6(11)4(9)2-7/h3-5,10H,2,7-9H2,1H3. The molecule has 0 saturated heterocycles. The molecular weight excluding hydrogens is 146 g/mol. The van der Waals surface area contributed by atoms with E-state index >= 15 is 0 Å². The highest BCUT2D eigenvalue weighted by Crippen LogP contribution is 1.93. The topological polar surface area (TPSA) is 115 Å². The molecule has 5 heteroatoms. The van der Waals surface area contributed by atoms with Crippen LogP contribution in [-0.4, -0.2) is 35.6 Å². The van der Waals surface area contributed by atoms with Gasteiger partial charge in [-0.15, -0.1) is 0 Å². The van der Waals surface area contributed by atoms with Crippen molar-refractivity contribution < 1.29 is 9.90 Å². The molecule has 0 aromatic heterocycles. The number of aliphatic hydroxyl groups is 1. The Morgan fingerprint density at radius 2 is 2.00 bits per heavy atom. The highest BCUT2D eigenvalue weighted by atomic mass is 16.3. The van der Waals surface area contributed by atoms with Gasteiger partial charge in [0.1, 0.15) is 6.10 Å². The first-order valence-electron chi connectivity index (χ1n) is 3.43. The highest BCUT2D eigenvalue weighted by Gasteiger charge is 2.23. The zero-order chi connectivity index (χ0) is 9.02. The van der Waals surface area contributed by atoms with Gasteiger partial charge in [0, 0.05) is 12.6 Å². The van der Waals surface area contributed by atoms with Crippen LogP contribution in [-0.2, 0) is 4.79 Å². The second-order valence-corrected chi connectivity index (χ2v) is 2.55. The van der Waals surface area contributed by atoms with Crippen LogP contribution >= 0.6 is 0 Å². The highest BCUT2D eigenvalue weighted by molar-refractivity contribution is 5.88. The zero-order valence-electron chi connectivity index (χ0n) is 6.53. The van der Waals surface area contributed by atoms with Crippen LogP contribution < -0.4 is 17.2 Å². The molecule has 3 atom stereocenters. The molecule has 66 valence electrons. The Kier molecular flexibility index (Phi) is 4.20. The van der Waals surface area contributed by atoms with Crippen molar-refractivity contribution in [1.82, 2.24) is 0 Å². The van der Waals surface area contributed by atoms with Crippen molar-refractivity contribution in [2.75, 3.05) is 6.54 Å². The molecule has 0 aromatic rings. The summed E-state index contributed by atoms with van der Waals surface area (Å²) in [5.74, 6) is -0.498. The maximum absolute atomic E-state index is 11.0. The number of Topliss-reactive ketones (excluding diaryl/α,β-unsaturated/α-hetero) is 1. The van der Waals surface area contributed by atoms with E-state index in [1.165, 1.54) is 6.92 Å². The molecule has 0 saturated carbocycles. The van der Waals surface area contributed by atoms with Crippen LogP contribution in [0.4, 0.5) is 0 Å². The Balaban J connectivity index is 4.02. The molecule has 0 spiro atoms. The van der Waals surface area contributed by atoms with Crippen molar-refractivity contribution in [2.24, 2.45) is 17.2 Å². The van der Waals surface area contributed by atoms with Crippen LogP contribution in [0.5, 0.6) is 0 Å². The van der Waals surface area contributed by atoms with Crippen LogP contribution in [0.1, 0.15) is 6.92 Å². The van der Waals surface area contributed by atoms with Gasteiger partial charge in [-0.05, 0) is 6.92 Å². The molecule has 0 bridgehead atoms. The van der Waals surface area contributed by atoms with Gasteiger partial charge >= 0.3 is 0 Å². The Morgan fingerprint density at radius 3 is 2.27 bits per heavy atom. The first-order chi connectivity index (χ1) is 5.00. The molecule has 0 rings (SSSR count). The molecule has 0 heterocycles. The van der Waals surface area contributed by atoms with Crippen molar-refractivity contribution in [3.8, 4) is 0 Å². The lowest BCUT2D eigenvalue weighted by atomic mass is 10.0. The second kappa shape index (κ2) is 4.40. The molecule has 0 aliphatic rings. The van der Waals surface area contributed by atoms with Gasteiger partial charge in [-0.2, -0.15) is 0 Å². The van der Waals surface area contributed by atoms with E-state index < -0.39 is 24.0 Å². The number of hydrogen-bond donors (Lipinski definition) is 4. The van der Waals surface area contributed by atoms with E-state index in [0.717, 1.165) is 0 Å². The van der Waals surface area contributed by atoms with Crippen LogP contribution in [0.25, 0.3) is 0 Å². The number of nitrogens with two attached hydrogens (primary N) is 3.